The summed E-state index contributed by atoms with van der Waals surface area (Å²) in [5.41, 5.74) is 1.47. The molecule has 0 fully saturated rings. The fourth-order valence-corrected chi connectivity index (χ4v) is 2.60. The second-order valence-corrected chi connectivity index (χ2v) is 6.19. The number of carbonyl (C=O) groups is 1. The molecule has 2 heterocycles. The van der Waals surface area contributed by atoms with Crippen LogP contribution in [-0.2, 0) is 21.4 Å². The van der Waals surface area contributed by atoms with Gasteiger partial charge in [-0.1, -0.05) is 0 Å². The van der Waals surface area contributed by atoms with Crippen molar-refractivity contribution in [2.45, 2.75) is 31.7 Å². The predicted octanol–water partition coefficient (Wildman–Crippen LogP) is 0.499. The van der Waals surface area contributed by atoms with Gasteiger partial charge in [-0.15, -0.1) is 0 Å². The summed E-state index contributed by atoms with van der Waals surface area (Å²) >= 11 is 0. The predicted molar refractivity (Wildman–Crippen MR) is 73.4 cm³/mol. The third kappa shape index (κ3) is 3.40. The van der Waals surface area contributed by atoms with Crippen LogP contribution in [0.5, 0.6) is 0 Å². The van der Waals surface area contributed by atoms with Crippen molar-refractivity contribution in [1.82, 2.24) is 20.0 Å². The first-order valence-electron chi connectivity index (χ1n) is 6.08. The lowest BCUT2D eigenvalue weighted by Gasteiger charge is -2.03. The highest BCUT2D eigenvalue weighted by Crippen LogP contribution is 2.18. The van der Waals surface area contributed by atoms with Crippen molar-refractivity contribution < 1.29 is 18.3 Å². The van der Waals surface area contributed by atoms with Gasteiger partial charge in [-0.25, -0.2) is 8.42 Å². The van der Waals surface area contributed by atoms with Crippen LogP contribution < -0.4 is 4.72 Å². The van der Waals surface area contributed by atoms with E-state index in [2.05, 4.69) is 20.0 Å². The fraction of sp³-hybridized carbons (Fsp3) is 0.364. The third-order valence-electron chi connectivity index (χ3n) is 2.96. The molecule has 0 amide bonds. The lowest BCUT2D eigenvalue weighted by atomic mass is 10.3. The van der Waals surface area contributed by atoms with E-state index >= 15 is 0 Å². The largest absolute Gasteiger partial charge is 0.481 e. The summed E-state index contributed by atoms with van der Waals surface area (Å²) in [4.78, 5) is 10.4. The Balaban J connectivity index is 2.16. The smallest absolute Gasteiger partial charge is 0.305 e. The average molecular weight is 313 g/mol. The van der Waals surface area contributed by atoms with E-state index in [9.17, 15) is 13.2 Å². The number of carboxylic acid groups (broad SMARTS) is 1. The number of hydrogen-bond donors (Lipinski definition) is 3. The molecule has 0 spiro atoms. The molecule has 3 N–H and O–H groups in total. The molecule has 0 aromatic carbocycles. The topological polar surface area (TPSA) is 130 Å². The van der Waals surface area contributed by atoms with E-state index in [0.717, 1.165) is 5.69 Å². The van der Waals surface area contributed by atoms with Crippen molar-refractivity contribution in [3.05, 3.63) is 23.7 Å². The Morgan fingerprint density at radius 3 is 2.76 bits per heavy atom. The molecule has 0 aliphatic rings. The quantitative estimate of drug-likeness (QED) is 0.712. The number of anilines is 1. The molecule has 10 heteroatoms. The highest BCUT2D eigenvalue weighted by Gasteiger charge is 2.19. The number of aryl methyl sites for hydroxylation is 2. The van der Waals surface area contributed by atoms with E-state index in [0.29, 0.717) is 5.56 Å². The van der Waals surface area contributed by atoms with Crippen molar-refractivity contribution in [2.75, 3.05) is 4.72 Å². The molecule has 2 aromatic heterocycles. The molecule has 114 valence electrons. The van der Waals surface area contributed by atoms with Crippen molar-refractivity contribution in [2.24, 2.45) is 0 Å². The minimum Gasteiger partial charge on any atom is -0.481 e. The van der Waals surface area contributed by atoms with Gasteiger partial charge in [0.2, 0.25) is 0 Å². The van der Waals surface area contributed by atoms with Gasteiger partial charge < -0.3 is 5.11 Å². The highest BCUT2D eigenvalue weighted by molar-refractivity contribution is 7.92. The molecular formula is C11H15N5O4S. The van der Waals surface area contributed by atoms with E-state index in [4.69, 9.17) is 5.11 Å². The molecule has 0 aliphatic carbocycles. The Kier molecular flexibility index (Phi) is 3.98. The van der Waals surface area contributed by atoms with Gasteiger partial charge in [0.1, 0.15) is 4.90 Å². The molecule has 0 saturated heterocycles. The zero-order valence-electron chi connectivity index (χ0n) is 11.5. The second-order valence-electron chi connectivity index (χ2n) is 4.51. The van der Waals surface area contributed by atoms with E-state index < -0.39 is 16.0 Å². The molecule has 0 saturated carbocycles. The SMILES string of the molecule is Cc1[nH]nc(NS(=O)(=O)c2cnn(CCC(=O)O)c2)c1C. The lowest BCUT2D eigenvalue weighted by Crippen LogP contribution is -2.13. The number of rotatable bonds is 6. The zero-order chi connectivity index (χ0) is 15.6. The van der Waals surface area contributed by atoms with Crippen LogP contribution in [0, 0.1) is 13.8 Å². The lowest BCUT2D eigenvalue weighted by molar-refractivity contribution is -0.137. The standard InChI is InChI=1S/C11H15N5O4S/c1-7-8(2)13-14-11(7)15-21(19,20)9-5-12-16(6-9)4-3-10(17)18/h5-6H,3-4H2,1-2H3,(H,17,18)(H2,13,14,15). The first kappa shape index (κ1) is 15.0. The van der Waals surface area contributed by atoms with E-state index in [1.54, 1.807) is 13.8 Å². The second kappa shape index (κ2) is 5.56. The van der Waals surface area contributed by atoms with E-state index in [1.165, 1.54) is 17.1 Å². The van der Waals surface area contributed by atoms with Crippen LogP contribution in [0.1, 0.15) is 17.7 Å². The van der Waals surface area contributed by atoms with Gasteiger partial charge in [0.05, 0.1) is 19.2 Å². The summed E-state index contributed by atoms with van der Waals surface area (Å²) in [5.74, 6) is -0.749. The minimum atomic E-state index is -3.80. The maximum Gasteiger partial charge on any atom is 0.305 e. The van der Waals surface area contributed by atoms with Gasteiger partial charge in [-0.3, -0.25) is 19.3 Å². The normalized spacial score (nSPS) is 11.5. The van der Waals surface area contributed by atoms with Crippen molar-refractivity contribution >= 4 is 21.8 Å². The number of aliphatic carboxylic acids is 1. The van der Waals surface area contributed by atoms with Crippen LogP contribution in [0.15, 0.2) is 17.3 Å². The molecule has 21 heavy (non-hydrogen) atoms. The number of carboxylic acids is 1. The number of nitrogens with one attached hydrogen (secondary N) is 2. The number of nitrogens with zero attached hydrogens (tertiary/aromatic N) is 3. The van der Waals surface area contributed by atoms with Gasteiger partial charge >= 0.3 is 5.97 Å². The van der Waals surface area contributed by atoms with Gasteiger partial charge in [-0.05, 0) is 13.8 Å². The molecule has 2 aromatic rings. The van der Waals surface area contributed by atoms with Crippen LogP contribution in [0.25, 0.3) is 0 Å². The van der Waals surface area contributed by atoms with Crippen LogP contribution in [0.4, 0.5) is 5.82 Å². The first-order valence-corrected chi connectivity index (χ1v) is 7.56. The summed E-state index contributed by atoms with van der Waals surface area (Å²) in [6.45, 7) is 3.63. The Labute approximate surface area is 121 Å². The molecule has 0 aliphatic heterocycles. The molecule has 0 bridgehead atoms. The Morgan fingerprint density at radius 1 is 1.48 bits per heavy atom. The summed E-state index contributed by atoms with van der Waals surface area (Å²) in [6.07, 6.45) is 2.31. The summed E-state index contributed by atoms with van der Waals surface area (Å²) < 4.78 is 28.0. The monoisotopic (exact) mass is 313 g/mol. The van der Waals surface area contributed by atoms with Crippen LogP contribution in [0.3, 0.4) is 0 Å². The van der Waals surface area contributed by atoms with E-state index in [1.807, 2.05) is 0 Å². The minimum absolute atomic E-state index is 0.0482. The van der Waals surface area contributed by atoms with Gasteiger partial charge in [0.15, 0.2) is 5.82 Å². The molecule has 0 unspecified atom stereocenters. The highest BCUT2D eigenvalue weighted by atomic mass is 32.2. The van der Waals surface area contributed by atoms with Crippen molar-refractivity contribution in [3.63, 3.8) is 0 Å². The van der Waals surface area contributed by atoms with Crippen LogP contribution >= 0.6 is 0 Å². The molecular weight excluding hydrogens is 298 g/mol. The number of aromatic nitrogens is 4. The molecule has 0 atom stereocenters. The number of H-pyrrole nitrogens is 1. The Bertz CT molecular complexity index is 761. The average Bonchev–Trinajstić information content (AvgIpc) is 2.99. The summed E-state index contributed by atoms with van der Waals surface area (Å²) in [7, 11) is -3.80. The van der Waals surface area contributed by atoms with Crippen LogP contribution in [0.2, 0.25) is 0 Å². The van der Waals surface area contributed by atoms with Gasteiger partial charge in [0, 0.05) is 17.5 Å². The molecule has 0 radical (unpaired) electrons. The third-order valence-corrected chi connectivity index (χ3v) is 4.25. The van der Waals surface area contributed by atoms with E-state index in [-0.39, 0.29) is 23.7 Å². The molecule has 9 nitrogen and oxygen atoms in total. The van der Waals surface area contributed by atoms with Gasteiger partial charge in [-0.2, -0.15) is 10.2 Å². The maximum atomic E-state index is 12.2. The fourth-order valence-electron chi connectivity index (χ4n) is 1.59. The number of aromatic amines is 1. The van der Waals surface area contributed by atoms with Gasteiger partial charge in [0.25, 0.3) is 10.0 Å². The van der Waals surface area contributed by atoms with Crippen molar-refractivity contribution in [3.8, 4) is 0 Å². The summed E-state index contributed by atoms with van der Waals surface area (Å²) in [5, 5.41) is 19.0. The zero-order valence-corrected chi connectivity index (χ0v) is 12.3. The number of sulfonamides is 1. The Hall–Kier alpha value is -2.36. The van der Waals surface area contributed by atoms with Crippen LogP contribution in [-0.4, -0.2) is 39.5 Å². The maximum absolute atomic E-state index is 12.2. The summed E-state index contributed by atoms with van der Waals surface area (Å²) in [6, 6.07) is 0. The molecule has 2 rings (SSSR count). The number of hydrogen-bond acceptors (Lipinski definition) is 5. The van der Waals surface area contributed by atoms with Crippen molar-refractivity contribution in [1.29, 1.82) is 0 Å². The first-order chi connectivity index (χ1) is 9.79. The Morgan fingerprint density at radius 2 is 2.19 bits per heavy atom.